The van der Waals surface area contributed by atoms with E-state index in [4.69, 9.17) is 0 Å². The van der Waals surface area contributed by atoms with Gasteiger partial charge in [0, 0.05) is 23.7 Å². The highest BCUT2D eigenvalue weighted by Gasteiger charge is 2.42. The average molecular weight is 292 g/mol. The summed E-state index contributed by atoms with van der Waals surface area (Å²) in [6, 6.07) is 9.80. The van der Waals surface area contributed by atoms with E-state index in [0.29, 0.717) is 11.8 Å². The highest BCUT2D eigenvalue weighted by molar-refractivity contribution is 6.09. The van der Waals surface area contributed by atoms with E-state index in [1.165, 1.54) is 6.42 Å². The number of benzene rings is 1. The smallest absolute Gasteiger partial charge is 0.180 e. The van der Waals surface area contributed by atoms with Gasteiger partial charge in [-0.1, -0.05) is 24.3 Å². The molecule has 3 heteroatoms. The molecule has 2 bridgehead atoms. The van der Waals surface area contributed by atoms with Crippen molar-refractivity contribution in [1.29, 1.82) is 0 Å². The van der Waals surface area contributed by atoms with Crippen molar-refractivity contribution in [2.75, 3.05) is 13.1 Å². The van der Waals surface area contributed by atoms with Gasteiger partial charge in [0.05, 0.1) is 11.6 Å². The summed E-state index contributed by atoms with van der Waals surface area (Å²) in [6.07, 6.45) is 5.97. The average Bonchev–Trinajstić information content (AvgIpc) is 2.60. The van der Waals surface area contributed by atoms with Gasteiger partial charge >= 0.3 is 0 Å². The van der Waals surface area contributed by atoms with Crippen molar-refractivity contribution in [1.82, 2.24) is 9.88 Å². The summed E-state index contributed by atoms with van der Waals surface area (Å²) < 4.78 is 0. The van der Waals surface area contributed by atoms with Crippen LogP contribution in [0.5, 0.6) is 0 Å². The van der Waals surface area contributed by atoms with Gasteiger partial charge in [-0.05, 0) is 43.4 Å². The third-order valence-electron chi connectivity index (χ3n) is 5.32. The molecule has 112 valence electrons. The van der Waals surface area contributed by atoms with Crippen LogP contribution in [0, 0.1) is 11.8 Å². The van der Waals surface area contributed by atoms with Crippen molar-refractivity contribution in [3.05, 3.63) is 54.7 Å². The van der Waals surface area contributed by atoms with Gasteiger partial charge in [0.1, 0.15) is 0 Å². The monoisotopic (exact) mass is 292 g/mol. The van der Waals surface area contributed by atoms with Crippen molar-refractivity contribution in [3.8, 4) is 0 Å². The molecule has 3 fully saturated rings. The summed E-state index contributed by atoms with van der Waals surface area (Å²) in [6.45, 7) is 5.97. The molecule has 0 saturated carbocycles. The SMILES string of the molecule is C=C[C@H]1CN2CCC1C[C@@H]2C(=O)c1ccnc2ccccc12. The minimum absolute atomic E-state index is 0.0285. The van der Waals surface area contributed by atoms with Crippen LogP contribution in [0.15, 0.2) is 49.2 Å². The number of pyridine rings is 1. The molecular formula is C19H20N2O. The summed E-state index contributed by atoms with van der Waals surface area (Å²) in [5, 5.41) is 0.970. The molecule has 1 aromatic heterocycles. The number of fused-ring (bicyclic) bond motifs is 4. The lowest BCUT2D eigenvalue weighted by atomic mass is 9.74. The fourth-order valence-electron chi connectivity index (χ4n) is 4.10. The van der Waals surface area contributed by atoms with Gasteiger partial charge in [-0.3, -0.25) is 14.7 Å². The Morgan fingerprint density at radius 3 is 2.95 bits per heavy atom. The molecule has 3 aliphatic heterocycles. The van der Waals surface area contributed by atoms with Crippen molar-refractivity contribution in [2.24, 2.45) is 11.8 Å². The van der Waals surface area contributed by atoms with Gasteiger partial charge in [-0.15, -0.1) is 6.58 Å². The van der Waals surface area contributed by atoms with Crippen molar-refractivity contribution in [3.63, 3.8) is 0 Å². The zero-order valence-corrected chi connectivity index (χ0v) is 12.6. The molecule has 5 rings (SSSR count). The van der Waals surface area contributed by atoms with Crippen LogP contribution in [0.4, 0.5) is 0 Å². The van der Waals surface area contributed by atoms with E-state index < -0.39 is 0 Å². The van der Waals surface area contributed by atoms with E-state index in [-0.39, 0.29) is 11.8 Å². The number of Topliss-reactive ketones (excluding diaryl/α,β-unsaturated/α-hetero) is 1. The van der Waals surface area contributed by atoms with E-state index in [1.807, 2.05) is 30.3 Å². The fraction of sp³-hybridized carbons (Fsp3) is 0.368. The third-order valence-corrected chi connectivity index (χ3v) is 5.32. The molecular weight excluding hydrogens is 272 g/mol. The van der Waals surface area contributed by atoms with Crippen molar-refractivity contribution >= 4 is 16.7 Å². The van der Waals surface area contributed by atoms with E-state index in [1.54, 1.807) is 6.20 Å². The molecule has 2 unspecified atom stereocenters. The zero-order valence-electron chi connectivity index (χ0n) is 12.6. The van der Waals surface area contributed by atoms with E-state index >= 15 is 0 Å². The van der Waals surface area contributed by atoms with Crippen LogP contribution < -0.4 is 0 Å². The summed E-state index contributed by atoms with van der Waals surface area (Å²) in [4.78, 5) is 19.8. The first-order chi connectivity index (χ1) is 10.8. The van der Waals surface area contributed by atoms with Gasteiger partial charge in [0.2, 0.25) is 0 Å². The molecule has 2 aromatic rings. The molecule has 0 N–H and O–H groups in total. The Hall–Kier alpha value is -2.00. The third kappa shape index (κ3) is 2.08. The second-order valence-electron chi connectivity index (χ2n) is 6.43. The Kier molecular flexibility index (Phi) is 3.30. The summed E-state index contributed by atoms with van der Waals surface area (Å²) in [5.74, 6) is 1.42. The number of carbonyl (C=O) groups excluding carboxylic acids is 1. The molecule has 4 heterocycles. The number of piperidine rings is 3. The van der Waals surface area contributed by atoms with Crippen LogP contribution in [0.3, 0.4) is 0 Å². The molecule has 3 aliphatic rings. The highest BCUT2D eigenvalue weighted by Crippen LogP contribution is 2.38. The summed E-state index contributed by atoms with van der Waals surface area (Å²) >= 11 is 0. The lowest BCUT2D eigenvalue weighted by Gasteiger charge is -2.48. The van der Waals surface area contributed by atoms with E-state index in [2.05, 4.69) is 22.5 Å². The number of ketones is 1. The second kappa shape index (κ2) is 5.33. The number of carbonyl (C=O) groups is 1. The summed E-state index contributed by atoms with van der Waals surface area (Å²) in [5.41, 5.74) is 1.71. The number of para-hydroxylation sites is 1. The molecule has 4 atom stereocenters. The first-order valence-corrected chi connectivity index (χ1v) is 8.02. The maximum Gasteiger partial charge on any atom is 0.180 e. The maximum absolute atomic E-state index is 13.1. The maximum atomic E-state index is 13.1. The first kappa shape index (κ1) is 13.6. The lowest BCUT2D eigenvalue weighted by molar-refractivity contribution is 0.0205. The van der Waals surface area contributed by atoms with Crippen LogP contribution in [0.25, 0.3) is 10.9 Å². The minimum Gasteiger partial charge on any atom is -0.293 e. The van der Waals surface area contributed by atoms with Crippen LogP contribution in [0.2, 0.25) is 0 Å². The predicted molar refractivity (Wildman–Crippen MR) is 87.8 cm³/mol. The Labute approximate surface area is 130 Å². The Morgan fingerprint density at radius 2 is 2.18 bits per heavy atom. The molecule has 3 saturated heterocycles. The van der Waals surface area contributed by atoms with E-state index in [0.717, 1.165) is 36.0 Å². The van der Waals surface area contributed by atoms with Gasteiger partial charge in [-0.25, -0.2) is 0 Å². The van der Waals surface area contributed by atoms with Gasteiger partial charge in [0.25, 0.3) is 0 Å². The Balaban J connectivity index is 1.69. The largest absolute Gasteiger partial charge is 0.293 e. The van der Waals surface area contributed by atoms with E-state index in [9.17, 15) is 4.79 Å². The van der Waals surface area contributed by atoms with Crippen LogP contribution in [-0.4, -0.2) is 34.8 Å². The number of rotatable bonds is 3. The number of nitrogens with zero attached hydrogens (tertiary/aromatic N) is 2. The number of aromatic nitrogens is 1. The number of hydrogen-bond donors (Lipinski definition) is 0. The second-order valence-corrected chi connectivity index (χ2v) is 6.43. The molecule has 22 heavy (non-hydrogen) atoms. The molecule has 1 aromatic carbocycles. The Bertz CT molecular complexity index is 734. The van der Waals surface area contributed by atoms with Crippen molar-refractivity contribution in [2.45, 2.75) is 18.9 Å². The first-order valence-electron chi connectivity index (χ1n) is 8.02. The van der Waals surface area contributed by atoms with Crippen LogP contribution in [-0.2, 0) is 0 Å². The van der Waals surface area contributed by atoms with Crippen LogP contribution >= 0.6 is 0 Å². The van der Waals surface area contributed by atoms with Crippen LogP contribution in [0.1, 0.15) is 23.2 Å². The molecule has 3 nitrogen and oxygen atoms in total. The molecule has 0 amide bonds. The molecule has 0 spiro atoms. The summed E-state index contributed by atoms with van der Waals surface area (Å²) in [7, 11) is 0. The van der Waals surface area contributed by atoms with Gasteiger partial charge in [-0.2, -0.15) is 0 Å². The van der Waals surface area contributed by atoms with Crippen molar-refractivity contribution < 1.29 is 4.79 Å². The topological polar surface area (TPSA) is 33.2 Å². The lowest BCUT2D eigenvalue weighted by Crippen LogP contribution is -2.55. The zero-order chi connectivity index (χ0) is 15.1. The quantitative estimate of drug-likeness (QED) is 0.643. The van der Waals surface area contributed by atoms with Gasteiger partial charge in [0.15, 0.2) is 5.78 Å². The normalized spacial score (nSPS) is 30.4. The van der Waals surface area contributed by atoms with Gasteiger partial charge < -0.3 is 0 Å². The standard InChI is InChI=1S/C19H20N2O/c1-2-13-12-21-10-8-14(13)11-18(21)19(22)16-7-9-20-17-6-4-3-5-15(16)17/h2-7,9,13-14,18H,1,8,10-12H2/t13-,14?,18+/m0/s1. The Morgan fingerprint density at radius 1 is 1.32 bits per heavy atom. The predicted octanol–water partition coefficient (Wildman–Crippen LogP) is 3.31. The molecule has 0 aliphatic carbocycles. The number of hydrogen-bond acceptors (Lipinski definition) is 3. The molecule has 0 radical (unpaired) electrons. The highest BCUT2D eigenvalue weighted by atomic mass is 16.1. The minimum atomic E-state index is 0.0285. The fourth-order valence-corrected chi connectivity index (χ4v) is 4.10.